The third-order valence-corrected chi connectivity index (χ3v) is 5.77. The zero-order chi connectivity index (χ0) is 23.4. The molecule has 4 rings (SSSR count). The molecule has 174 valence electrons. The normalized spacial score (nSPS) is 14.8. The van der Waals surface area contributed by atoms with Crippen LogP contribution in [0.5, 0.6) is 5.75 Å². The number of carbonyl (C=O) groups is 2. The van der Waals surface area contributed by atoms with Gasteiger partial charge in [0.2, 0.25) is 11.7 Å². The van der Waals surface area contributed by atoms with Crippen molar-refractivity contribution in [3.8, 4) is 17.3 Å². The lowest BCUT2D eigenvalue weighted by Gasteiger charge is -2.31. The Morgan fingerprint density at radius 3 is 2.73 bits per heavy atom. The van der Waals surface area contributed by atoms with E-state index < -0.39 is 11.9 Å². The molecular formula is C23H28N6O4. The van der Waals surface area contributed by atoms with Crippen LogP contribution < -0.4 is 10.2 Å². The van der Waals surface area contributed by atoms with Crippen LogP contribution in [0.4, 0.5) is 5.69 Å². The van der Waals surface area contributed by atoms with Crippen molar-refractivity contribution in [1.29, 1.82) is 0 Å². The Hall–Kier alpha value is -3.69. The molecule has 1 saturated carbocycles. The minimum absolute atomic E-state index is 0.00529. The average molecular weight is 453 g/mol. The van der Waals surface area contributed by atoms with Gasteiger partial charge in [0.1, 0.15) is 24.1 Å². The number of hydrogen-bond acceptors (Lipinski definition) is 7. The fourth-order valence-corrected chi connectivity index (χ4v) is 4.15. The number of nitrogens with one attached hydrogen (secondary N) is 1. The van der Waals surface area contributed by atoms with E-state index >= 15 is 0 Å². The highest BCUT2D eigenvalue weighted by molar-refractivity contribution is 6.00. The van der Waals surface area contributed by atoms with Crippen molar-refractivity contribution in [2.75, 3.05) is 4.90 Å². The quantitative estimate of drug-likeness (QED) is 0.538. The highest BCUT2D eigenvalue weighted by Crippen LogP contribution is 2.25. The lowest BCUT2D eigenvalue weighted by molar-refractivity contribution is -0.127. The average Bonchev–Trinajstić information content (AvgIpc) is 3.54. The molecule has 2 N–H and O–H groups in total. The second-order valence-corrected chi connectivity index (χ2v) is 8.25. The fraction of sp³-hybridized carbons (Fsp3) is 0.435. The first-order valence-electron chi connectivity index (χ1n) is 11.2. The molecule has 1 atom stereocenters. The molecule has 1 aliphatic carbocycles. The molecule has 0 aliphatic heterocycles. The molecule has 1 aromatic carbocycles. The van der Waals surface area contributed by atoms with E-state index in [1.54, 1.807) is 24.3 Å². The van der Waals surface area contributed by atoms with Crippen molar-refractivity contribution in [3.63, 3.8) is 0 Å². The molecule has 3 aromatic rings. The largest absolute Gasteiger partial charge is 0.508 e. The standard InChI is InChI=1S/C23H28N6O4/c1-3-19(23(32)24-16-7-4-5-8-16)29(17-9-6-10-18(30)13-17)21(31)14-28-26-22(25-27-28)20-12-11-15(2)33-20/h6,9-13,16,19,30H,3-5,7-8,14H2,1-2H3,(H,24,32)/t19-/m1/s1. The first-order valence-corrected chi connectivity index (χ1v) is 11.2. The van der Waals surface area contributed by atoms with Crippen molar-refractivity contribution in [3.05, 3.63) is 42.2 Å². The van der Waals surface area contributed by atoms with Gasteiger partial charge in [0.05, 0.1) is 0 Å². The molecule has 2 heterocycles. The van der Waals surface area contributed by atoms with E-state index in [1.165, 1.54) is 21.8 Å². The Balaban J connectivity index is 1.58. The van der Waals surface area contributed by atoms with Crippen molar-refractivity contribution in [2.45, 2.75) is 64.6 Å². The first kappa shape index (κ1) is 22.5. The van der Waals surface area contributed by atoms with Crippen LogP contribution in [0, 0.1) is 6.92 Å². The summed E-state index contributed by atoms with van der Waals surface area (Å²) in [7, 11) is 0. The topological polar surface area (TPSA) is 126 Å². The molecule has 0 unspecified atom stereocenters. The van der Waals surface area contributed by atoms with Gasteiger partial charge in [0.15, 0.2) is 5.76 Å². The molecule has 1 fully saturated rings. The molecule has 0 saturated heterocycles. The van der Waals surface area contributed by atoms with Gasteiger partial charge in [-0.25, -0.2) is 0 Å². The van der Waals surface area contributed by atoms with Crippen molar-refractivity contribution >= 4 is 17.5 Å². The highest BCUT2D eigenvalue weighted by Gasteiger charge is 2.32. The highest BCUT2D eigenvalue weighted by atomic mass is 16.3. The monoisotopic (exact) mass is 452 g/mol. The van der Waals surface area contributed by atoms with Gasteiger partial charge in [0, 0.05) is 17.8 Å². The van der Waals surface area contributed by atoms with E-state index in [1.807, 2.05) is 13.8 Å². The van der Waals surface area contributed by atoms with Crippen LogP contribution >= 0.6 is 0 Å². The van der Waals surface area contributed by atoms with Crippen LogP contribution in [-0.4, -0.2) is 49.2 Å². The number of aromatic hydroxyl groups is 1. The van der Waals surface area contributed by atoms with Crippen LogP contribution in [0.1, 0.15) is 44.8 Å². The number of nitrogens with zero attached hydrogens (tertiary/aromatic N) is 5. The molecule has 2 aromatic heterocycles. The Bertz CT molecular complexity index is 1120. The molecule has 0 bridgehead atoms. The Morgan fingerprint density at radius 2 is 2.06 bits per heavy atom. The number of rotatable bonds is 8. The third-order valence-electron chi connectivity index (χ3n) is 5.77. The van der Waals surface area contributed by atoms with E-state index in [9.17, 15) is 14.7 Å². The van der Waals surface area contributed by atoms with Crippen LogP contribution in [-0.2, 0) is 16.1 Å². The van der Waals surface area contributed by atoms with Crippen molar-refractivity contribution in [2.24, 2.45) is 0 Å². The molecular weight excluding hydrogens is 424 g/mol. The zero-order valence-corrected chi connectivity index (χ0v) is 18.8. The number of tetrazole rings is 1. The predicted octanol–water partition coefficient (Wildman–Crippen LogP) is 2.82. The third kappa shape index (κ3) is 5.21. The maximum Gasteiger partial charge on any atom is 0.251 e. The number of benzene rings is 1. The maximum absolute atomic E-state index is 13.4. The predicted molar refractivity (Wildman–Crippen MR) is 120 cm³/mol. The number of hydrogen-bond donors (Lipinski definition) is 2. The number of aryl methyl sites for hydroxylation is 1. The van der Waals surface area contributed by atoms with Gasteiger partial charge in [-0.05, 0) is 55.7 Å². The van der Waals surface area contributed by atoms with Gasteiger partial charge in [-0.1, -0.05) is 25.8 Å². The smallest absolute Gasteiger partial charge is 0.251 e. The summed E-state index contributed by atoms with van der Waals surface area (Å²) in [6.07, 6.45) is 4.47. The molecule has 10 nitrogen and oxygen atoms in total. The van der Waals surface area contributed by atoms with Crippen LogP contribution in [0.25, 0.3) is 11.6 Å². The summed E-state index contributed by atoms with van der Waals surface area (Å²) in [5, 5.41) is 25.3. The Morgan fingerprint density at radius 1 is 1.27 bits per heavy atom. The summed E-state index contributed by atoms with van der Waals surface area (Å²) in [5.41, 5.74) is 0.426. The van der Waals surface area contributed by atoms with Crippen molar-refractivity contribution < 1.29 is 19.1 Å². The lowest BCUT2D eigenvalue weighted by atomic mass is 10.1. The van der Waals surface area contributed by atoms with E-state index in [-0.39, 0.29) is 30.1 Å². The Labute approximate surface area is 191 Å². The number of phenols is 1. The van der Waals surface area contributed by atoms with Crippen LogP contribution in [0.3, 0.4) is 0 Å². The van der Waals surface area contributed by atoms with Gasteiger partial charge < -0.3 is 14.8 Å². The zero-order valence-electron chi connectivity index (χ0n) is 18.8. The second-order valence-electron chi connectivity index (χ2n) is 8.25. The molecule has 2 amide bonds. The van der Waals surface area contributed by atoms with E-state index in [4.69, 9.17) is 4.42 Å². The van der Waals surface area contributed by atoms with Crippen LogP contribution in [0.2, 0.25) is 0 Å². The number of anilines is 1. The summed E-state index contributed by atoms with van der Waals surface area (Å²) >= 11 is 0. The number of aromatic nitrogens is 4. The van der Waals surface area contributed by atoms with Crippen molar-refractivity contribution in [1.82, 2.24) is 25.5 Å². The summed E-state index contributed by atoms with van der Waals surface area (Å²) in [6, 6.07) is 9.22. The van der Waals surface area contributed by atoms with Gasteiger partial charge in [-0.15, -0.1) is 10.2 Å². The fourth-order valence-electron chi connectivity index (χ4n) is 4.15. The summed E-state index contributed by atoms with van der Waals surface area (Å²) in [6.45, 7) is 3.44. The summed E-state index contributed by atoms with van der Waals surface area (Å²) in [4.78, 5) is 29.2. The molecule has 33 heavy (non-hydrogen) atoms. The van der Waals surface area contributed by atoms with Gasteiger partial charge >= 0.3 is 0 Å². The number of carbonyl (C=O) groups excluding carboxylic acids is 2. The molecule has 1 aliphatic rings. The summed E-state index contributed by atoms with van der Waals surface area (Å²) in [5.74, 6) is 0.842. The van der Waals surface area contributed by atoms with E-state index in [0.29, 0.717) is 23.6 Å². The van der Waals surface area contributed by atoms with Crippen LogP contribution in [0.15, 0.2) is 40.8 Å². The van der Waals surface area contributed by atoms with Gasteiger partial charge in [-0.2, -0.15) is 4.80 Å². The van der Waals surface area contributed by atoms with E-state index in [0.717, 1.165) is 25.7 Å². The molecule has 0 radical (unpaired) electrons. The summed E-state index contributed by atoms with van der Waals surface area (Å²) < 4.78 is 5.51. The molecule has 10 heteroatoms. The van der Waals surface area contributed by atoms with E-state index in [2.05, 4.69) is 20.7 Å². The minimum Gasteiger partial charge on any atom is -0.508 e. The number of furan rings is 1. The first-order chi connectivity index (χ1) is 15.9. The SMILES string of the molecule is CC[C@H](C(=O)NC1CCCC1)N(C(=O)Cn1nnc(-c2ccc(C)o2)n1)c1cccc(O)c1. The van der Waals surface area contributed by atoms with Gasteiger partial charge in [-0.3, -0.25) is 14.5 Å². The minimum atomic E-state index is -0.740. The number of phenolic OH excluding ortho intramolecular Hbond substituents is 1. The maximum atomic E-state index is 13.4. The Kier molecular flexibility index (Phi) is 6.71. The molecule has 0 spiro atoms. The second kappa shape index (κ2) is 9.85. The van der Waals surface area contributed by atoms with Gasteiger partial charge in [0.25, 0.3) is 5.91 Å². The number of amides is 2. The lowest BCUT2D eigenvalue weighted by Crippen LogP contribution is -2.52.